The van der Waals surface area contributed by atoms with Crippen molar-refractivity contribution in [1.29, 1.82) is 0 Å². The molecule has 0 spiro atoms. The molecule has 0 aliphatic rings. The van der Waals surface area contributed by atoms with Crippen LogP contribution in [-0.4, -0.2) is 23.0 Å². The molecule has 6 nitrogen and oxygen atoms in total. The fraction of sp³-hybridized carbons (Fsp3) is 0.190. The number of nitrogens with zero attached hydrogens (tertiary/aromatic N) is 2. The molecule has 0 aliphatic carbocycles. The van der Waals surface area contributed by atoms with Crippen molar-refractivity contribution in [3.8, 4) is 11.5 Å². The molecule has 138 valence electrons. The van der Waals surface area contributed by atoms with Gasteiger partial charge in [0.25, 0.3) is 5.91 Å². The third-order valence-electron chi connectivity index (χ3n) is 4.00. The van der Waals surface area contributed by atoms with Crippen LogP contribution < -0.4 is 14.8 Å². The highest BCUT2D eigenvalue weighted by Crippen LogP contribution is 2.28. The van der Waals surface area contributed by atoms with Crippen LogP contribution in [0.4, 0.5) is 0 Å². The van der Waals surface area contributed by atoms with Gasteiger partial charge in [0, 0.05) is 30.8 Å². The number of amides is 1. The maximum absolute atomic E-state index is 12.2. The normalized spacial score (nSPS) is 10.3. The lowest BCUT2D eigenvalue weighted by Gasteiger charge is -2.13. The summed E-state index contributed by atoms with van der Waals surface area (Å²) in [7, 11) is 1.59. The Bertz CT molecular complexity index is 896. The summed E-state index contributed by atoms with van der Waals surface area (Å²) in [6.45, 7) is 2.69. The second-order valence-electron chi connectivity index (χ2n) is 6.00. The Labute approximate surface area is 158 Å². The van der Waals surface area contributed by atoms with Crippen molar-refractivity contribution in [3.05, 3.63) is 83.4 Å². The van der Waals surface area contributed by atoms with Gasteiger partial charge >= 0.3 is 0 Å². The first kappa shape index (κ1) is 18.4. The van der Waals surface area contributed by atoms with Crippen molar-refractivity contribution >= 4 is 5.91 Å². The van der Waals surface area contributed by atoms with E-state index in [1.54, 1.807) is 31.8 Å². The minimum Gasteiger partial charge on any atom is -0.493 e. The molecule has 0 saturated carbocycles. The predicted molar refractivity (Wildman–Crippen MR) is 102 cm³/mol. The molecule has 27 heavy (non-hydrogen) atoms. The number of rotatable bonds is 7. The lowest BCUT2D eigenvalue weighted by Crippen LogP contribution is -2.22. The predicted octanol–water partition coefficient (Wildman–Crippen LogP) is 3.30. The van der Waals surface area contributed by atoms with E-state index >= 15 is 0 Å². The molecule has 3 aromatic rings. The molecule has 0 atom stereocenters. The van der Waals surface area contributed by atoms with Crippen LogP contribution in [0, 0.1) is 6.92 Å². The first-order valence-electron chi connectivity index (χ1n) is 8.55. The molecule has 0 bridgehead atoms. The van der Waals surface area contributed by atoms with Crippen LogP contribution >= 0.6 is 0 Å². The van der Waals surface area contributed by atoms with Crippen molar-refractivity contribution < 1.29 is 14.3 Å². The minimum atomic E-state index is -0.167. The van der Waals surface area contributed by atoms with Crippen LogP contribution in [0.25, 0.3) is 0 Å². The summed E-state index contributed by atoms with van der Waals surface area (Å²) in [5.41, 5.74) is 3.34. The number of hydrogen-bond donors (Lipinski definition) is 1. The van der Waals surface area contributed by atoms with E-state index in [0.717, 1.165) is 16.8 Å². The Morgan fingerprint density at radius 3 is 2.56 bits per heavy atom. The quantitative estimate of drug-likeness (QED) is 0.697. The number of aryl methyl sites for hydroxylation is 1. The van der Waals surface area contributed by atoms with Crippen LogP contribution in [0.1, 0.15) is 27.2 Å². The lowest BCUT2D eigenvalue weighted by molar-refractivity contribution is 0.0950. The zero-order valence-corrected chi connectivity index (χ0v) is 15.3. The third kappa shape index (κ3) is 5.04. The van der Waals surface area contributed by atoms with Gasteiger partial charge in [-0.1, -0.05) is 6.07 Å². The number of aromatic nitrogens is 2. The standard InChI is InChI=1S/C21H21N3O3/c1-15-3-5-18(13-23-15)21(25)24-12-17-4-6-19(20(11-17)26-2)27-14-16-7-9-22-10-8-16/h3-11,13H,12,14H2,1-2H3,(H,24,25). The number of hydrogen-bond acceptors (Lipinski definition) is 5. The van der Waals surface area contributed by atoms with Gasteiger partial charge < -0.3 is 14.8 Å². The number of carbonyl (C=O) groups excluding carboxylic acids is 1. The van der Waals surface area contributed by atoms with Crippen molar-refractivity contribution in [3.63, 3.8) is 0 Å². The summed E-state index contributed by atoms with van der Waals surface area (Å²) in [5, 5.41) is 2.88. The molecule has 1 N–H and O–H groups in total. The summed E-state index contributed by atoms with van der Waals surface area (Å²) < 4.78 is 11.2. The molecule has 2 heterocycles. The van der Waals surface area contributed by atoms with Gasteiger partial charge in [-0.05, 0) is 54.4 Å². The molecule has 0 aliphatic heterocycles. The monoisotopic (exact) mass is 363 g/mol. The van der Waals surface area contributed by atoms with Gasteiger partial charge in [0.15, 0.2) is 11.5 Å². The van der Waals surface area contributed by atoms with Gasteiger partial charge in [-0.3, -0.25) is 14.8 Å². The third-order valence-corrected chi connectivity index (χ3v) is 4.00. The first-order chi connectivity index (χ1) is 13.2. The van der Waals surface area contributed by atoms with Crippen molar-refractivity contribution in [2.24, 2.45) is 0 Å². The fourth-order valence-corrected chi connectivity index (χ4v) is 2.47. The van der Waals surface area contributed by atoms with Crippen LogP contribution in [-0.2, 0) is 13.2 Å². The van der Waals surface area contributed by atoms with Crippen LogP contribution in [0.5, 0.6) is 11.5 Å². The molecule has 0 radical (unpaired) electrons. The summed E-state index contributed by atoms with van der Waals surface area (Å²) in [4.78, 5) is 20.3. The Morgan fingerprint density at radius 2 is 1.85 bits per heavy atom. The Balaban J connectivity index is 1.61. The van der Waals surface area contributed by atoms with E-state index in [9.17, 15) is 4.79 Å². The topological polar surface area (TPSA) is 73.3 Å². The molecular weight excluding hydrogens is 342 g/mol. The van der Waals surface area contributed by atoms with E-state index in [-0.39, 0.29) is 5.91 Å². The van der Waals surface area contributed by atoms with Gasteiger partial charge in [0.2, 0.25) is 0 Å². The minimum absolute atomic E-state index is 0.167. The van der Waals surface area contributed by atoms with Gasteiger partial charge in [0.1, 0.15) is 6.61 Å². The highest BCUT2D eigenvalue weighted by Gasteiger charge is 2.09. The van der Waals surface area contributed by atoms with Crippen molar-refractivity contribution in [1.82, 2.24) is 15.3 Å². The van der Waals surface area contributed by atoms with Gasteiger partial charge in [-0.2, -0.15) is 0 Å². The Morgan fingerprint density at radius 1 is 1.04 bits per heavy atom. The van der Waals surface area contributed by atoms with E-state index in [0.29, 0.717) is 30.2 Å². The molecule has 1 amide bonds. The average molecular weight is 363 g/mol. The summed E-state index contributed by atoms with van der Waals surface area (Å²) in [5.74, 6) is 1.10. The number of methoxy groups -OCH3 is 1. The second kappa shape index (κ2) is 8.80. The number of benzene rings is 1. The molecule has 0 saturated heterocycles. The van der Waals surface area contributed by atoms with Gasteiger partial charge in [-0.15, -0.1) is 0 Å². The zero-order chi connectivity index (χ0) is 19.1. The Hall–Kier alpha value is -3.41. The molecule has 2 aromatic heterocycles. The van der Waals surface area contributed by atoms with E-state index in [2.05, 4.69) is 15.3 Å². The Kier molecular flexibility index (Phi) is 5.99. The molecule has 1 aromatic carbocycles. The number of pyridine rings is 2. The van der Waals surface area contributed by atoms with Crippen LogP contribution in [0.15, 0.2) is 61.1 Å². The highest BCUT2D eigenvalue weighted by molar-refractivity contribution is 5.93. The largest absolute Gasteiger partial charge is 0.493 e. The van der Waals surface area contributed by atoms with E-state index in [1.165, 1.54) is 0 Å². The van der Waals surface area contributed by atoms with Gasteiger partial charge in [0.05, 0.1) is 12.7 Å². The molecule has 3 rings (SSSR count). The summed E-state index contributed by atoms with van der Waals surface area (Å²) in [6, 6.07) is 13.0. The van der Waals surface area contributed by atoms with Crippen LogP contribution in [0.3, 0.4) is 0 Å². The smallest absolute Gasteiger partial charge is 0.253 e. The van der Waals surface area contributed by atoms with E-state index < -0.39 is 0 Å². The summed E-state index contributed by atoms with van der Waals surface area (Å²) >= 11 is 0. The van der Waals surface area contributed by atoms with Crippen molar-refractivity contribution in [2.75, 3.05) is 7.11 Å². The van der Waals surface area contributed by atoms with Gasteiger partial charge in [-0.25, -0.2) is 0 Å². The van der Waals surface area contributed by atoms with E-state index in [1.807, 2.05) is 43.3 Å². The first-order valence-corrected chi connectivity index (χ1v) is 8.55. The van der Waals surface area contributed by atoms with Crippen molar-refractivity contribution in [2.45, 2.75) is 20.1 Å². The molecule has 6 heteroatoms. The highest BCUT2D eigenvalue weighted by atomic mass is 16.5. The SMILES string of the molecule is COc1cc(CNC(=O)c2ccc(C)nc2)ccc1OCc1ccncc1. The van der Waals surface area contributed by atoms with Crippen LogP contribution in [0.2, 0.25) is 0 Å². The fourth-order valence-electron chi connectivity index (χ4n) is 2.47. The second-order valence-corrected chi connectivity index (χ2v) is 6.00. The number of ether oxygens (including phenoxy) is 2. The number of nitrogens with one attached hydrogen (secondary N) is 1. The summed E-state index contributed by atoms with van der Waals surface area (Å²) in [6.07, 6.45) is 5.03. The lowest BCUT2D eigenvalue weighted by atomic mass is 10.2. The maximum atomic E-state index is 12.2. The molecular formula is C21H21N3O3. The average Bonchev–Trinajstić information content (AvgIpc) is 2.72. The van der Waals surface area contributed by atoms with E-state index in [4.69, 9.17) is 9.47 Å². The molecule has 0 unspecified atom stereocenters. The zero-order valence-electron chi connectivity index (χ0n) is 15.3. The number of carbonyl (C=O) groups is 1. The molecule has 0 fully saturated rings. The maximum Gasteiger partial charge on any atom is 0.253 e.